The Kier molecular flexibility index (Phi) is 3.77. The summed E-state index contributed by atoms with van der Waals surface area (Å²) in [6, 6.07) is 0. The third-order valence-corrected chi connectivity index (χ3v) is 6.64. The van der Waals surface area contributed by atoms with Crippen molar-refractivity contribution in [1.82, 2.24) is 0 Å². The van der Waals surface area contributed by atoms with E-state index in [1.54, 1.807) is 39.8 Å². The highest BCUT2D eigenvalue weighted by molar-refractivity contribution is 6.00. The van der Waals surface area contributed by atoms with Crippen molar-refractivity contribution in [3.05, 3.63) is 35.1 Å². The molecule has 0 unspecified atom stereocenters. The van der Waals surface area contributed by atoms with Crippen LogP contribution in [-0.2, 0) is 23.8 Å². The third kappa shape index (κ3) is 2.13. The number of ketones is 1. The fourth-order valence-electron chi connectivity index (χ4n) is 4.84. The molecule has 0 aromatic heterocycles. The topological polar surface area (TPSA) is 102 Å². The van der Waals surface area contributed by atoms with Crippen LogP contribution in [0.1, 0.15) is 34.1 Å². The molecule has 0 saturated carbocycles. The molecule has 0 amide bonds. The number of hydrogen-bond donors (Lipinski definition) is 2. The molecule has 2 saturated heterocycles. The molecule has 0 aromatic carbocycles. The van der Waals surface area contributed by atoms with Crippen LogP contribution in [0.4, 0.5) is 0 Å². The Morgan fingerprint density at radius 1 is 1.37 bits per heavy atom. The standard InChI is InChI=1S/C20H24O7/c1-5-10(2)20(24)19(4)16-13(25-17(19)23)6-11(9-21)12-7-15(22)18(3,26-12)8-14(16)27-20/h5-7,13-14,16,21,24H,8-9H2,1-4H3/b10-5-,11-6-/t13-,14+,16+,18-,19-,20-/m1/s1. The number of esters is 1. The highest BCUT2D eigenvalue weighted by atomic mass is 16.7. The van der Waals surface area contributed by atoms with Gasteiger partial charge in [-0.05, 0) is 39.3 Å². The predicted octanol–water partition coefficient (Wildman–Crippen LogP) is 1.15. The lowest BCUT2D eigenvalue weighted by Gasteiger charge is -2.35. The van der Waals surface area contributed by atoms with Gasteiger partial charge in [0.25, 0.3) is 0 Å². The van der Waals surface area contributed by atoms with E-state index in [2.05, 4.69) is 0 Å². The van der Waals surface area contributed by atoms with Gasteiger partial charge in [0.15, 0.2) is 5.60 Å². The number of carbonyl (C=O) groups excluding carboxylic acids is 2. The Hall–Kier alpha value is -1.96. The Bertz CT molecular complexity index is 824. The lowest BCUT2D eigenvalue weighted by molar-refractivity contribution is -0.220. The first-order chi connectivity index (χ1) is 12.6. The lowest BCUT2D eigenvalue weighted by atomic mass is 9.67. The zero-order chi connectivity index (χ0) is 19.8. The van der Waals surface area contributed by atoms with Gasteiger partial charge in [-0.2, -0.15) is 0 Å². The molecule has 146 valence electrons. The molecule has 4 aliphatic heterocycles. The monoisotopic (exact) mass is 376 g/mol. The van der Waals surface area contributed by atoms with Crippen molar-refractivity contribution in [2.45, 2.75) is 57.7 Å². The van der Waals surface area contributed by atoms with Crippen molar-refractivity contribution in [3.8, 4) is 0 Å². The number of ether oxygens (including phenoxy) is 3. The van der Waals surface area contributed by atoms with Crippen LogP contribution in [0.3, 0.4) is 0 Å². The summed E-state index contributed by atoms with van der Waals surface area (Å²) in [4.78, 5) is 25.5. The fraction of sp³-hybridized carbons (Fsp3) is 0.600. The van der Waals surface area contributed by atoms with E-state index in [9.17, 15) is 19.8 Å². The first kappa shape index (κ1) is 18.4. The molecule has 7 heteroatoms. The minimum atomic E-state index is -1.84. The van der Waals surface area contributed by atoms with E-state index in [0.717, 1.165) is 0 Å². The molecule has 0 radical (unpaired) electrons. The summed E-state index contributed by atoms with van der Waals surface area (Å²) in [7, 11) is 0. The Balaban J connectivity index is 1.91. The van der Waals surface area contributed by atoms with Gasteiger partial charge < -0.3 is 24.4 Å². The normalized spacial score (nSPS) is 47.9. The summed E-state index contributed by atoms with van der Waals surface area (Å²) in [6.45, 7) is 6.39. The van der Waals surface area contributed by atoms with Crippen molar-refractivity contribution < 1.29 is 34.0 Å². The predicted molar refractivity (Wildman–Crippen MR) is 93.1 cm³/mol. The van der Waals surface area contributed by atoms with Gasteiger partial charge in [-0.15, -0.1) is 0 Å². The van der Waals surface area contributed by atoms with Crippen LogP contribution in [-0.4, -0.2) is 52.2 Å². The molecular weight excluding hydrogens is 352 g/mol. The molecule has 2 fully saturated rings. The van der Waals surface area contributed by atoms with Gasteiger partial charge in [0.05, 0.1) is 12.7 Å². The molecule has 2 N–H and O–H groups in total. The molecule has 4 heterocycles. The van der Waals surface area contributed by atoms with E-state index in [1.807, 2.05) is 0 Å². The zero-order valence-electron chi connectivity index (χ0n) is 15.8. The third-order valence-electron chi connectivity index (χ3n) is 6.64. The highest BCUT2D eigenvalue weighted by Gasteiger charge is 2.74. The zero-order valence-corrected chi connectivity index (χ0v) is 15.8. The number of aliphatic hydroxyl groups excluding tert-OH is 1. The van der Waals surface area contributed by atoms with Crippen molar-refractivity contribution in [2.75, 3.05) is 6.61 Å². The van der Waals surface area contributed by atoms with Crippen LogP contribution in [0.25, 0.3) is 0 Å². The quantitative estimate of drug-likeness (QED) is 0.551. The Morgan fingerprint density at radius 3 is 2.70 bits per heavy atom. The summed E-state index contributed by atoms with van der Waals surface area (Å²) >= 11 is 0. The smallest absolute Gasteiger partial charge is 0.318 e. The van der Waals surface area contributed by atoms with E-state index in [1.165, 1.54) is 6.08 Å². The molecule has 27 heavy (non-hydrogen) atoms. The molecule has 0 aliphatic carbocycles. The summed E-state index contributed by atoms with van der Waals surface area (Å²) in [5, 5.41) is 21.2. The average molecular weight is 376 g/mol. The van der Waals surface area contributed by atoms with Crippen molar-refractivity contribution >= 4 is 11.8 Å². The maximum Gasteiger partial charge on any atom is 0.318 e. The molecule has 2 bridgehead atoms. The van der Waals surface area contributed by atoms with E-state index in [0.29, 0.717) is 11.1 Å². The Morgan fingerprint density at radius 2 is 2.07 bits per heavy atom. The van der Waals surface area contributed by atoms with Crippen LogP contribution in [0.2, 0.25) is 0 Å². The van der Waals surface area contributed by atoms with Gasteiger partial charge in [-0.25, -0.2) is 0 Å². The summed E-state index contributed by atoms with van der Waals surface area (Å²) in [6.07, 6.45) is 3.47. The van der Waals surface area contributed by atoms with Gasteiger partial charge in [-0.3, -0.25) is 9.59 Å². The van der Waals surface area contributed by atoms with Crippen molar-refractivity contribution in [2.24, 2.45) is 11.3 Å². The lowest BCUT2D eigenvalue weighted by Crippen LogP contribution is -2.49. The summed E-state index contributed by atoms with van der Waals surface area (Å²) in [5.74, 6) is -2.88. The largest absolute Gasteiger partial charge is 0.479 e. The molecule has 7 nitrogen and oxygen atoms in total. The van der Waals surface area contributed by atoms with Gasteiger partial charge in [0.1, 0.15) is 17.3 Å². The van der Waals surface area contributed by atoms with E-state index in [-0.39, 0.29) is 24.6 Å². The number of allylic oxidation sites excluding steroid dienone is 1. The van der Waals surface area contributed by atoms with Crippen LogP contribution in [0.15, 0.2) is 35.1 Å². The summed E-state index contributed by atoms with van der Waals surface area (Å²) in [5.41, 5.74) is -1.65. The van der Waals surface area contributed by atoms with Crippen molar-refractivity contribution in [3.63, 3.8) is 0 Å². The van der Waals surface area contributed by atoms with Gasteiger partial charge in [0.2, 0.25) is 11.6 Å². The van der Waals surface area contributed by atoms with E-state index >= 15 is 0 Å². The average Bonchev–Trinajstić information content (AvgIpc) is 3.14. The number of rotatable bonds is 2. The number of fused-ring (bicyclic) bond motifs is 2. The summed E-state index contributed by atoms with van der Waals surface area (Å²) < 4.78 is 17.6. The highest BCUT2D eigenvalue weighted by Crippen LogP contribution is 2.60. The maximum absolute atomic E-state index is 12.9. The van der Waals surface area contributed by atoms with Crippen LogP contribution < -0.4 is 0 Å². The second kappa shape index (κ2) is 5.53. The minimum Gasteiger partial charge on any atom is -0.479 e. The fourth-order valence-corrected chi connectivity index (χ4v) is 4.84. The Labute approximate surface area is 157 Å². The maximum atomic E-state index is 12.9. The molecular formula is C20H24O7. The van der Waals surface area contributed by atoms with Gasteiger partial charge >= 0.3 is 5.97 Å². The molecule has 0 spiro atoms. The first-order valence-corrected chi connectivity index (χ1v) is 9.12. The van der Waals surface area contributed by atoms with Crippen LogP contribution in [0, 0.1) is 11.3 Å². The first-order valence-electron chi connectivity index (χ1n) is 9.12. The molecule has 6 atom stereocenters. The second-order valence-corrected chi connectivity index (χ2v) is 8.13. The SMILES string of the molecule is C/C=C(/C)[C@@]1(O)O[C@H]2C[C@@]3(C)OC(=CC3=O)/C(CO)=C\[C@H]3OC(=O)[C@@]1(C)[C@H]23. The van der Waals surface area contributed by atoms with E-state index in [4.69, 9.17) is 14.2 Å². The number of aliphatic hydroxyl groups is 2. The molecule has 4 rings (SSSR count). The van der Waals surface area contributed by atoms with E-state index < -0.39 is 40.9 Å². The molecule has 0 aromatic rings. The number of hydrogen-bond acceptors (Lipinski definition) is 7. The minimum absolute atomic E-state index is 0.158. The van der Waals surface area contributed by atoms with Gasteiger partial charge in [-0.1, -0.05) is 6.08 Å². The van der Waals surface area contributed by atoms with Crippen molar-refractivity contribution in [1.29, 1.82) is 0 Å². The second-order valence-electron chi connectivity index (χ2n) is 8.13. The van der Waals surface area contributed by atoms with Crippen LogP contribution >= 0.6 is 0 Å². The van der Waals surface area contributed by atoms with Gasteiger partial charge in [0, 0.05) is 24.0 Å². The van der Waals surface area contributed by atoms with Crippen LogP contribution in [0.5, 0.6) is 0 Å². The number of carbonyl (C=O) groups is 2. The molecule has 4 aliphatic rings.